The highest BCUT2D eigenvalue weighted by Gasteiger charge is 2.06. The molecule has 1 aromatic heterocycles. The van der Waals surface area contributed by atoms with Gasteiger partial charge in [-0.1, -0.05) is 36.4 Å². The summed E-state index contributed by atoms with van der Waals surface area (Å²) in [5.74, 6) is 0. The number of nitrogens with one attached hydrogen (secondary N) is 2. The molecule has 1 heterocycles. The Kier molecular flexibility index (Phi) is 4.81. The van der Waals surface area contributed by atoms with Crippen LogP contribution in [0, 0.1) is 20.8 Å². The maximum absolute atomic E-state index is 12.3. The molecule has 24 heavy (non-hydrogen) atoms. The van der Waals surface area contributed by atoms with Gasteiger partial charge in [-0.2, -0.15) is 0 Å². The largest absolute Gasteiger partial charge is 0.321 e. The van der Waals surface area contributed by atoms with Crippen molar-refractivity contribution in [3.63, 3.8) is 0 Å². The van der Waals surface area contributed by atoms with Crippen LogP contribution in [0.15, 0.2) is 47.3 Å². The molecule has 0 saturated heterocycles. The van der Waals surface area contributed by atoms with Crippen LogP contribution in [0.2, 0.25) is 0 Å². The molecule has 3 heteroatoms. The second-order valence-electron chi connectivity index (χ2n) is 6.45. The van der Waals surface area contributed by atoms with Crippen LogP contribution in [-0.4, -0.2) is 11.5 Å². The van der Waals surface area contributed by atoms with Gasteiger partial charge in [0.1, 0.15) is 0 Å². The summed E-state index contributed by atoms with van der Waals surface area (Å²) in [5.41, 5.74) is 6.74. The van der Waals surface area contributed by atoms with Crippen LogP contribution < -0.4 is 10.9 Å². The summed E-state index contributed by atoms with van der Waals surface area (Å²) < 4.78 is 0. The molecule has 0 radical (unpaired) electrons. The van der Waals surface area contributed by atoms with Gasteiger partial charge in [0.05, 0.1) is 5.52 Å². The number of aromatic amines is 1. The van der Waals surface area contributed by atoms with Crippen molar-refractivity contribution in [2.75, 3.05) is 6.54 Å². The summed E-state index contributed by atoms with van der Waals surface area (Å²) in [6, 6.07) is 14.6. The van der Waals surface area contributed by atoms with Crippen LogP contribution in [-0.2, 0) is 13.0 Å². The highest BCUT2D eigenvalue weighted by Crippen LogP contribution is 2.18. The summed E-state index contributed by atoms with van der Waals surface area (Å²) in [6.45, 7) is 7.69. The van der Waals surface area contributed by atoms with Crippen molar-refractivity contribution in [3.05, 3.63) is 80.6 Å². The Morgan fingerprint density at radius 1 is 0.958 bits per heavy atom. The van der Waals surface area contributed by atoms with Gasteiger partial charge in [-0.05, 0) is 67.4 Å². The molecule has 0 aliphatic carbocycles. The predicted molar refractivity (Wildman–Crippen MR) is 101 cm³/mol. The average molecular weight is 320 g/mol. The lowest BCUT2D eigenvalue weighted by Gasteiger charge is -2.09. The predicted octanol–water partition coefficient (Wildman–Crippen LogP) is 3.79. The number of pyridine rings is 1. The van der Waals surface area contributed by atoms with Crippen molar-refractivity contribution in [3.8, 4) is 0 Å². The third kappa shape index (κ3) is 3.41. The van der Waals surface area contributed by atoms with E-state index in [4.69, 9.17) is 0 Å². The zero-order valence-corrected chi connectivity index (χ0v) is 14.6. The third-order valence-electron chi connectivity index (χ3n) is 4.78. The number of hydrogen-bond donors (Lipinski definition) is 2. The minimum absolute atomic E-state index is 0.000378. The van der Waals surface area contributed by atoms with E-state index in [-0.39, 0.29) is 5.56 Å². The maximum Gasteiger partial charge on any atom is 0.252 e. The van der Waals surface area contributed by atoms with Crippen LogP contribution >= 0.6 is 0 Å². The first-order chi connectivity index (χ1) is 11.6. The fourth-order valence-corrected chi connectivity index (χ4v) is 3.04. The number of aryl methyl sites for hydroxylation is 3. The molecule has 0 fully saturated rings. The van der Waals surface area contributed by atoms with Gasteiger partial charge in [-0.3, -0.25) is 4.79 Å². The van der Waals surface area contributed by atoms with Crippen LogP contribution in [0.1, 0.15) is 27.8 Å². The lowest BCUT2D eigenvalue weighted by molar-refractivity contribution is 0.681. The van der Waals surface area contributed by atoms with E-state index in [1.165, 1.54) is 16.7 Å². The molecular weight excluding hydrogens is 296 g/mol. The number of hydrogen-bond acceptors (Lipinski definition) is 2. The van der Waals surface area contributed by atoms with Gasteiger partial charge >= 0.3 is 0 Å². The normalized spacial score (nSPS) is 11.1. The van der Waals surface area contributed by atoms with E-state index in [1.807, 2.05) is 13.0 Å². The zero-order valence-electron chi connectivity index (χ0n) is 14.6. The summed E-state index contributed by atoms with van der Waals surface area (Å²) in [7, 11) is 0. The number of fused-ring (bicyclic) bond motifs is 1. The Morgan fingerprint density at radius 2 is 1.75 bits per heavy atom. The van der Waals surface area contributed by atoms with Crippen molar-refractivity contribution in [1.29, 1.82) is 0 Å². The van der Waals surface area contributed by atoms with Gasteiger partial charge in [0, 0.05) is 12.1 Å². The Morgan fingerprint density at radius 3 is 2.54 bits per heavy atom. The van der Waals surface area contributed by atoms with E-state index in [1.54, 1.807) is 0 Å². The van der Waals surface area contributed by atoms with E-state index in [2.05, 4.69) is 60.5 Å². The Bertz CT molecular complexity index is 925. The first-order valence-electron chi connectivity index (χ1n) is 8.43. The standard InChI is InChI=1S/C21H24N2O/c1-14-8-9-18-12-19(21(24)23-20(18)16(14)3)13-22-11-10-17-7-5-4-6-15(17)2/h4-9,12,22H,10-11,13H2,1-3H3,(H,23,24). The molecule has 3 rings (SSSR count). The second kappa shape index (κ2) is 7.02. The number of rotatable bonds is 5. The Hall–Kier alpha value is -2.39. The van der Waals surface area contributed by atoms with E-state index in [0.29, 0.717) is 6.54 Å². The van der Waals surface area contributed by atoms with Crippen LogP contribution in [0.25, 0.3) is 10.9 Å². The minimum Gasteiger partial charge on any atom is -0.321 e. The summed E-state index contributed by atoms with van der Waals surface area (Å²) in [6.07, 6.45) is 0.969. The first-order valence-corrected chi connectivity index (χ1v) is 8.43. The van der Waals surface area contributed by atoms with Crippen molar-refractivity contribution in [2.24, 2.45) is 0 Å². The van der Waals surface area contributed by atoms with E-state index < -0.39 is 0 Å². The van der Waals surface area contributed by atoms with Crippen molar-refractivity contribution in [2.45, 2.75) is 33.7 Å². The highest BCUT2D eigenvalue weighted by atomic mass is 16.1. The molecule has 124 valence electrons. The van der Waals surface area contributed by atoms with Crippen LogP contribution in [0.5, 0.6) is 0 Å². The Labute approximate surface area is 142 Å². The molecule has 3 nitrogen and oxygen atoms in total. The van der Waals surface area contributed by atoms with E-state index in [0.717, 1.165) is 35.0 Å². The zero-order chi connectivity index (χ0) is 17.1. The molecule has 0 spiro atoms. The van der Waals surface area contributed by atoms with E-state index in [9.17, 15) is 4.79 Å². The molecule has 0 aliphatic rings. The molecule has 0 aliphatic heterocycles. The molecular formula is C21H24N2O. The summed E-state index contributed by atoms with van der Waals surface area (Å²) >= 11 is 0. The third-order valence-corrected chi connectivity index (χ3v) is 4.78. The smallest absolute Gasteiger partial charge is 0.252 e. The molecule has 0 saturated carbocycles. The molecule has 2 N–H and O–H groups in total. The van der Waals surface area contributed by atoms with Crippen LogP contribution in [0.3, 0.4) is 0 Å². The van der Waals surface area contributed by atoms with Crippen LogP contribution in [0.4, 0.5) is 0 Å². The summed E-state index contributed by atoms with van der Waals surface area (Å²) in [5, 5.41) is 4.48. The highest BCUT2D eigenvalue weighted by molar-refractivity contribution is 5.83. The van der Waals surface area contributed by atoms with Gasteiger partial charge in [-0.25, -0.2) is 0 Å². The number of aromatic nitrogens is 1. The molecule has 0 bridgehead atoms. The molecule has 0 amide bonds. The van der Waals surface area contributed by atoms with Gasteiger partial charge < -0.3 is 10.3 Å². The first kappa shape index (κ1) is 16.5. The molecule has 0 unspecified atom stereocenters. The SMILES string of the molecule is Cc1ccccc1CCNCc1cc2ccc(C)c(C)c2[nH]c1=O. The van der Waals surface area contributed by atoms with Crippen molar-refractivity contribution >= 4 is 10.9 Å². The monoisotopic (exact) mass is 320 g/mol. The fraction of sp³-hybridized carbons (Fsp3) is 0.286. The van der Waals surface area contributed by atoms with Gasteiger partial charge in [-0.15, -0.1) is 0 Å². The maximum atomic E-state index is 12.3. The van der Waals surface area contributed by atoms with Crippen molar-refractivity contribution < 1.29 is 0 Å². The molecule has 2 aromatic carbocycles. The Balaban J connectivity index is 1.69. The number of H-pyrrole nitrogens is 1. The quantitative estimate of drug-likeness (QED) is 0.703. The lowest BCUT2D eigenvalue weighted by atomic mass is 10.0. The fourth-order valence-electron chi connectivity index (χ4n) is 3.04. The second-order valence-corrected chi connectivity index (χ2v) is 6.45. The average Bonchev–Trinajstić information content (AvgIpc) is 2.57. The van der Waals surface area contributed by atoms with Gasteiger partial charge in [0.2, 0.25) is 0 Å². The topological polar surface area (TPSA) is 44.9 Å². The van der Waals surface area contributed by atoms with E-state index >= 15 is 0 Å². The van der Waals surface area contributed by atoms with Gasteiger partial charge in [0.15, 0.2) is 0 Å². The van der Waals surface area contributed by atoms with Crippen molar-refractivity contribution in [1.82, 2.24) is 10.3 Å². The molecule has 3 aromatic rings. The lowest BCUT2D eigenvalue weighted by Crippen LogP contribution is -2.23. The number of benzene rings is 2. The summed E-state index contributed by atoms with van der Waals surface area (Å²) in [4.78, 5) is 15.4. The molecule has 0 atom stereocenters. The minimum atomic E-state index is -0.000378. The van der Waals surface area contributed by atoms with Gasteiger partial charge in [0.25, 0.3) is 5.56 Å².